The third-order valence-electron chi connectivity index (χ3n) is 3.69. The number of thiazole rings is 1. The minimum absolute atomic E-state index is 0.112. The van der Waals surface area contributed by atoms with E-state index < -0.39 is 5.97 Å². The molecule has 0 spiro atoms. The van der Waals surface area contributed by atoms with Crippen molar-refractivity contribution in [3.05, 3.63) is 27.9 Å². The molecule has 1 aliphatic heterocycles. The molecule has 122 valence electrons. The van der Waals surface area contributed by atoms with Crippen molar-refractivity contribution in [3.63, 3.8) is 0 Å². The zero-order valence-corrected chi connectivity index (χ0v) is 13.9. The quantitative estimate of drug-likeness (QED) is 0.895. The summed E-state index contributed by atoms with van der Waals surface area (Å²) in [5, 5.41) is 15.5. The van der Waals surface area contributed by atoms with Crippen molar-refractivity contribution in [2.45, 2.75) is 18.9 Å². The summed E-state index contributed by atoms with van der Waals surface area (Å²) in [6.07, 6.45) is 1.31. The van der Waals surface area contributed by atoms with Crippen LogP contribution in [0.5, 0.6) is 0 Å². The first kappa shape index (κ1) is 16.1. The highest BCUT2D eigenvalue weighted by molar-refractivity contribution is 7.14. The first-order chi connectivity index (χ1) is 11.1. The number of rotatable bonds is 5. The predicted molar refractivity (Wildman–Crippen MR) is 87.9 cm³/mol. The van der Waals surface area contributed by atoms with Crippen molar-refractivity contribution in [3.8, 4) is 10.6 Å². The molecule has 1 saturated heterocycles. The molecular weight excluding hydrogens is 336 g/mol. The van der Waals surface area contributed by atoms with E-state index in [1.54, 1.807) is 16.7 Å². The Kier molecular flexibility index (Phi) is 5.04. The van der Waals surface area contributed by atoms with Gasteiger partial charge in [-0.05, 0) is 24.3 Å². The molecule has 1 amide bonds. The number of carboxylic acid groups (broad SMARTS) is 1. The molecule has 0 aromatic carbocycles. The molecule has 0 atom stereocenters. The van der Waals surface area contributed by atoms with E-state index in [4.69, 9.17) is 9.84 Å². The fraction of sp³-hybridized carbons (Fsp3) is 0.400. The van der Waals surface area contributed by atoms with Crippen molar-refractivity contribution in [1.29, 1.82) is 0 Å². The molecular formula is C15H16N2O4S2. The molecule has 2 aromatic heterocycles. The molecule has 1 aliphatic rings. The Morgan fingerprint density at radius 3 is 2.78 bits per heavy atom. The lowest BCUT2D eigenvalue weighted by Gasteiger charge is -2.32. The Hall–Kier alpha value is -1.77. The van der Waals surface area contributed by atoms with Gasteiger partial charge in [-0.25, -0.2) is 4.98 Å². The highest BCUT2D eigenvalue weighted by Crippen LogP contribution is 2.27. The summed E-state index contributed by atoms with van der Waals surface area (Å²) in [5.41, 5.74) is 1.29. The smallest absolute Gasteiger partial charge is 0.323 e. The van der Waals surface area contributed by atoms with Gasteiger partial charge in [-0.15, -0.1) is 11.3 Å². The number of hydrogen-bond donors (Lipinski definition) is 1. The summed E-state index contributed by atoms with van der Waals surface area (Å²) in [6, 6.07) is 1.84. The SMILES string of the molecule is O=C(O)CN(C(=O)c1csc(-c2ccsc2)n1)C1CCOCC1. The monoisotopic (exact) mass is 352 g/mol. The van der Waals surface area contributed by atoms with Gasteiger partial charge in [-0.1, -0.05) is 0 Å². The number of carbonyl (C=O) groups excluding carboxylic acids is 1. The van der Waals surface area contributed by atoms with Crippen molar-refractivity contribution < 1.29 is 19.4 Å². The zero-order valence-electron chi connectivity index (χ0n) is 12.3. The maximum Gasteiger partial charge on any atom is 0.323 e. The lowest BCUT2D eigenvalue weighted by molar-refractivity contribution is -0.138. The second kappa shape index (κ2) is 7.20. The Balaban J connectivity index is 1.81. The van der Waals surface area contributed by atoms with E-state index in [-0.39, 0.29) is 18.5 Å². The van der Waals surface area contributed by atoms with Crippen molar-refractivity contribution >= 4 is 34.6 Å². The molecule has 8 heteroatoms. The Morgan fingerprint density at radius 2 is 2.13 bits per heavy atom. The van der Waals surface area contributed by atoms with Crippen LogP contribution in [0.1, 0.15) is 23.3 Å². The summed E-state index contributed by atoms with van der Waals surface area (Å²) in [7, 11) is 0. The third kappa shape index (κ3) is 3.77. The van der Waals surface area contributed by atoms with Crippen LogP contribution in [0.3, 0.4) is 0 Å². The van der Waals surface area contributed by atoms with E-state index in [2.05, 4.69) is 4.98 Å². The number of aromatic nitrogens is 1. The number of hydrogen-bond acceptors (Lipinski definition) is 6. The molecule has 3 rings (SSSR count). The molecule has 0 aliphatic carbocycles. The Labute approximate surface area is 141 Å². The largest absolute Gasteiger partial charge is 0.480 e. The summed E-state index contributed by atoms with van der Waals surface area (Å²) in [5.74, 6) is -1.34. The minimum Gasteiger partial charge on any atom is -0.480 e. The van der Waals surface area contributed by atoms with Gasteiger partial charge in [0.1, 0.15) is 17.2 Å². The van der Waals surface area contributed by atoms with Crippen LogP contribution in [0, 0.1) is 0 Å². The highest BCUT2D eigenvalue weighted by atomic mass is 32.1. The first-order valence-corrected chi connectivity index (χ1v) is 9.06. The minimum atomic E-state index is -1.02. The Morgan fingerprint density at radius 1 is 1.35 bits per heavy atom. The summed E-state index contributed by atoms with van der Waals surface area (Å²) in [4.78, 5) is 29.7. The fourth-order valence-corrected chi connectivity index (χ4v) is 4.05. The van der Waals surface area contributed by atoms with Crippen LogP contribution in [0.2, 0.25) is 0 Å². The molecule has 0 unspecified atom stereocenters. The van der Waals surface area contributed by atoms with Gasteiger partial charge < -0.3 is 14.7 Å². The second-order valence-corrected chi connectivity index (χ2v) is 6.86. The average molecular weight is 352 g/mol. The van der Waals surface area contributed by atoms with Crippen LogP contribution >= 0.6 is 22.7 Å². The number of nitrogens with zero attached hydrogens (tertiary/aromatic N) is 2. The van der Waals surface area contributed by atoms with Gasteiger partial charge in [0.25, 0.3) is 5.91 Å². The summed E-state index contributed by atoms with van der Waals surface area (Å²) in [6.45, 7) is 0.783. The van der Waals surface area contributed by atoms with Gasteiger partial charge in [0, 0.05) is 35.6 Å². The average Bonchev–Trinajstić information content (AvgIpc) is 3.23. The number of thiophene rings is 1. The van der Waals surface area contributed by atoms with Gasteiger partial charge in [0.05, 0.1) is 0 Å². The normalized spacial score (nSPS) is 15.5. The molecule has 0 bridgehead atoms. The van der Waals surface area contributed by atoms with Gasteiger partial charge in [0.15, 0.2) is 0 Å². The van der Waals surface area contributed by atoms with Gasteiger partial charge >= 0.3 is 5.97 Å². The maximum absolute atomic E-state index is 12.7. The number of aliphatic carboxylic acids is 1. The first-order valence-electron chi connectivity index (χ1n) is 7.24. The van der Waals surface area contributed by atoms with Crippen LogP contribution in [-0.2, 0) is 9.53 Å². The molecule has 23 heavy (non-hydrogen) atoms. The van der Waals surface area contributed by atoms with Crippen LogP contribution in [0.4, 0.5) is 0 Å². The number of amides is 1. The molecule has 2 aromatic rings. The van der Waals surface area contributed by atoms with E-state index in [0.29, 0.717) is 31.7 Å². The molecule has 0 saturated carbocycles. The molecule has 6 nitrogen and oxygen atoms in total. The van der Waals surface area contributed by atoms with E-state index >= 15 is 0 Å². The molecule has 1 N–H and O–H groups in total. The lowest BCUT2D eigenvalue weighted by Crippen LogP contribution is -2.46. The van der Waals surface area contributed by atoms with E-state index in [0.717, 1.165) is 10.6 Å². The van der Waals surface area contributed by atoms with E-state index in [1.807, 2.05) is 16.8 Å². The van der Waals surface area contributed by atoms with Crippen molar-refractivity contribution in [2.24, 2.45) is 0 Å². The van der Waals surface area contributed by atoms with E-state index in [1.165, 1.54) is 16.2 Å². The standard InChI is InChI=1S/C15H16N2O4S2/c18-13(19)7-17(11-1-4-21-5-2-11)15(20)12-9-23-14(16-12)10-3-6-22-8-10/h3,6,8-9,11H,1-2,4-5,7H2,(H,18,19). The second-order valence-electron chi connectivity index (χ2n) is 5.22. The maximum atomic E-state index is 12.7. The Bertz CT molecular complexity index is 677. The summed E-state index contributed by atoms with van der Waals surface area (Å²) >= 11 is 2.96. The van der Waals surface area contributed by atoms with E-state index in [9.17, 15) is 9.59 Å². The summed E-state index contributed by atoms with van der Waals surface area (Å²) < 4.78 is 5.30. The van der Waals surface area contributed by atoms with Crippen LogP contribution in [-0.4, -0.2) is 52.7 Å². The lowest BCUT2D eigenvalue weighted by atomic mass is 10.1. The number of ether oxygens (including phenoxy) is 1. The van der Waals surface area contributed by atoms with Crippen LogP contribution in [0.15, 0.2) is 22.2 Å². The topological polar surface area (TPSA) is 79.7 Å². The van der Waals surface area contributed by atoms with Crippen LogP contribution in [0.25, 0.3) is 10.6 Å². The predicted octanol–water partition coefficient (Wildman–Crippen LogP) is 2.58. The molecule has 3 heterocycles. The highest BCUT2D eigenvalue weighted by Gasteiger charge is 2.29. The van der Waals surface area contributed by atoms with Gasteiger partial charge in [-0.2, -0.15) is 11.3 Å². The molecule has 0 radical (unpaired) electrons. The van der Waals surface area contributed by atoms with Crippen molar-refractivity contribution in [2.75, 3.05) is 19.8 Å². The fourth-order valence-electron chi connectivity index (χ4n) is 2.55. The molecule has 1 fully saturated rings. The number of carboxylic acids is 1. The number of carbonyl (C=O) groups is 2. The zero-order chi connectivity index (χ0) is 16.2. The van der Waals surface area contributed by atoms with Crippen LogP contribution < -0.4 is 0 Å². The third-order valence-corrected chi connectivity index (χ3v) is 5.26. The van der Waals surface area contributed by atoms with Crippen molar-refractivity contribution in [1.82, 2.24) is 9.88 Å². The van der Waals surface area contributed by atoms with Gasteiger partial charge in [-0.3, -0.25) is 9.59 Å². The van der Waals surface area contributed by atoms with Gasteiger partial charge in [0.2, 0.25) is 0 Å².